The summed E-state index contributed by atoms with van der Waals surface area (Å²) in [6.45, 7) is 4.17. The van der Waals surface area contributed by atoms with Crippen molar-refractivity contribution in [2.45, 2.75) is 33.2 Å². The van der Waals surface area contributed by atoms with Crippen molar-refractivity contribution in [2.75, 3.05) is 0 Å². The van der Waals surface area contributed by atoms with E-state index in [1.54, 1.807) is 18.2 Å². The monoisotopic (exact) mass is 355 g/mol. The number of carboxylic acids is 1. The Morgan fingerprint density at radius 1 is 1.13 bits per heavy atom. The highest BCUT2D eigenvalue weighted by atomic mass is 35.5. The fraction of sp³-hybridized carbons (Fsp3) is 0.412. The number of amides is 1. The second-order valence-corrected chi connectivity index (χ2v) is 6.80. The van der Waals surface area contributed by atoms with Gasteiger partial charge in [-0.1, -0.05) is 40.4 Å². The van der Waals surface area contributed by atoms with Crippen LogP contribution in [0.3, 0.4) is 0 Å². The molecule has 0 fully saturated rings. The number of benzene rings is 1. The van der Waals surface area contributed by atoms with E-state index in [1.807, 2.05) is 13.8 Å². The molecule has 0 radical (unpaired) electrons. The Morgan fingerprint density at radius 2 is 1.74 bits per heavy atom. The van der Waals surface area contributed by atoms with Gasteiger partial charge in [-0.3, -0.25) is 9.59 Å². The van der Waals surface area contributed by atoms with E-state index in [1.165, 1.54) is 0 Å². The van der Waals surface area contributed by atoms with Crippen LogP contribution in [-0.4, -0.2) is 17.0 Å². The molecule has 4 nitrogen and oxygen atoms in total. The second-order valence-electron chi connectivity index (χ2n) is 5.99. The normalized spacial score (nSPS) is 21.2. The number of nitrogens with one attached hydrogen (secondary N) is 1. The number of halogens is 2. The van der Waals surface area contributed by atoms with Crippen LogP contribution in [0.5, 0.6) is 0 Å². The van der Waals surface area contributed by atoms with Crippen LogP contribution in [0.4, 0.5) is 0 Å². The van der Waals surface area contributed by atoms with Gasteiger partial charge in [-0.05, 0) is 44.4 Å². The molecule has 23 heavy (non-hydrogen) atoms. The van der Waals surface area contributed by atoms with Gasteiger partial charge >= 0.3 is 5.97 Å². The van der Waals surface area contributed by atoms with E-state index in [0.717, 1.165) is 16.7 Å². The topological polar surface area (TPSA) is 66.4 Å². The standard InChI is InChI=1S/C17H19Cl2NO3/c1-9-5-12(13(17(22)23)6-10(9)2)16(21)20-8-11-3-4-14(18)15(19)7-11/h3-4,7,12-13H,5-6,8H2,1-2H3,(H,20,21)(H,22,23)/t12-,13-/m1/s1. The summed E-state index contributed by atoms with van der Waals surface area (Å²) in [5.41, 5.74) is 2.97. The number of allylic oxidation sites excluding steroid dienone is 2. The van der Waals surface area contributed by atoms with E-state index in [2.05, 4.69) is 5.32 Å². The smallest absolute Gasteiger partial charge is 0.307 e. The zero-order chi connectivity index (χ0) is 17.1. The minimum atomic E-state index is -0.925. The summed E-state index contributed by atoms with van der Waals surface area (Å²) >= 11 is 11.8. The third-order valence-electron chi connectivity index (χ3n) is 4.37. The number of rotatable bonds is 4. The Kier molecular flexibility index (Phi) is 5.71. The third-order valence-corrected chi connectivity index (χ3v) is 5.11. The van der Waals surface area contributed by atoms with Gasteiger partial charge < -0.3 is 10.4 Å². The summed E-state index contributed by atoms with van der Waals surface area (Å²) in [7, 11) is 0. The van der Waals surface area contributed by atoms with Crippen LogP contribution in [0, 0.1) is 11.8 Å². The highest BCUT2D eigenvalue weighted by Gasteiger charge is 2.37. The molecule has 0 aliphatic heterocycles. The minimum Gasteiger partial charge on any atom is -0.481 e. The maximum atomic E-state index is 12.4. The fourth-order valence-electron chi connectivity index (χ4n) is 2.80. The third kappa shape index (κ3) is 4.27. The molecule has 0 unspecified atom stereocenters. The van der Waals surface area contributed by atoms with Gasteiger partial charge in [0, 0.05) is 6.54 Å². The Hall–Kier alpha value is -1.52. The molecule has 0 spiro atoms. The summed E-state index contributed by atoms with van der Waals surface area (Å²) in [5.74, 6) is -2.38. The number of hydrogen-bond donors (Lipinski definition) is 2. The van der Waals surface area contributed by atoms with E-state index >= 15 is 0 Å². The predicted octanol–water partition coefficient (Wildman–Crippen LogP) is 4.06. The number of hydrogen-bond acceptors (Lipinski definition) is 2. The molecule has 124 valence electrons. The first-order chi connectivity index (χ1) is 10.8. The highest BCUT2D eigenvalue weighted by Crippen LogP contribution is 2.34. The molecule has 1 aliphatic rings. The zero-order valence-electron chi connectivity index (χ0n) is 13.0. The van der Waals surface area contributed by atoms with Crippen LogP contribution >= 0.6 is 23.2 Å². The summed E-state index contributed by atoms with van der Waals surface area (Å²) < 4.78 is 0. The second kappa shape index (κ2) is 7.37. The Labute approximate surface area is 145 Å². The summed E-state index contributed by atoms with van der Waals surface area (Å²) in [5, 5.41) is 13.1. The molecule has 0 bridgehead atoms. The Morgan fingerprint density at radius 3 is 2.30 bits per heavy atom. The lowest BCUT2D eigenvalue weighted by atomic mass is 9.76. The van der Waals surface area contributed by atoms with Gasteiger partial charge in [0.15, 0.2) is 0 Å². The van der Waals surface area contributed by atoms with Crippen molar-refractivity contribution in [1.29, 1.82) is 0 Å². The molecule has 0 saturated carbocycles. The van der Waals surface area contributed by atoms with E-state index < -0.39 is 17.8 Å². The molecular weight excluding hydrogens is 337 g/mol. The van der Waals surface area contributed by atoms with Crippen LogP contribution in [0.15, 0.2) is 29.3 Å². The fourth-order valence-corrected chi connectivity index (χ4v) is 3.12. The van der Waals surface area contributed by atoms with Crippen LogP contribution in [0.1, 0.15) is 32.3 Å². The van der Waals surface area contributed by atoms with Crippen LogP contribution in [0.2, 0.25) is 10.0 Å². The largest absolute Gasteiger partial charge is 0.481 e. The number of carbonyl (C=O) groups excluding carboxylic acids is 1. The Balaban J connectivity index is 2.06. The summed E-state index contributed by atoms with van der Waals surface area (Å²) in [6, 6.07) is 5.14. The average molecular weight is 356 g/mol. The van der Waals surface area contributed by atoms with Gasteiger partial charge in [0.1, 0.15) is 0 Å². The predicted molar refractivity (Wildman–Crippen MR) is 90.5 cm³/mol. The van der Waals surface area contributed by atoms with Crippen molar-refractivity contribution in [2.24, 2.45) is 11.8 Å². The number of carbonyl (C=O) groups is 2. The number of carboxylic acid groups (broad SMARTS) is 1. The molecule has 0 aromatic heterocycles. The molecule has 1 amide bonds. The van der Waals surface area contributed by atoms with Gasteiger partial charge in [0.2, 0.25) is 5.91 Å². The van der Waals surface area contributed by atoms with Crippen molar-refractivity contribution in [3.63, 3.8) is 0 Å². The van der Waals surface area contributed by atoms with Gasteiger partial charge in [0.05, 0.1) is 21.9 Å². The first-order valence-electron chi connectivity index (χ1n) is 7.39. The summed E-state index contributed by atoms with van der Waals surface area (Å²) in [6.07, 6.45) is 0.905. The van der Waals surface area contributed by atoms with Crippen molar-refractivity contribution in [3.8, 4) is 0 Å². The first kappa shape index (κ1) is 17.8. The van der Waals surface area contributed by atoms with Gasteiger partial charge in [-0.25, -0.2) is 0 Å². The maximum absolute atomic E-state index is 12.4. The molecule has 1 aromatic rings. The van der Waals surface area contributed by atoms with E-state index in [4.69, 9.17) is 23.2 Å². The van der Waals surface area contributed by atoms with Crippen molar-refractivity contribution in [3.05, 3.63) is 45.0 Å². The van der Waals surface area contributed by atoms with E-state index in [9.17, 15) is 14.7 Å². The van der Waals surface area contributed by atoms with Crippen molar-refractivity contribution >= 4 is 35.1 Å². The molecule has 2 N–H and O–H groups in total. The molecule has 1 aromatic carbocycles. The lowest BCUT2D eigenvalue weighted by Crippen LogP contribution is -2.39. The Bertz CT molecular complexity index is 670. The SMILES string of the molecule is CC1=C(C)C[C@@H](C(=O)NCc2ccc(Cl)c(Cl)c2)[C@H](C(=O)O)C1. The molecule has 2 rings (SSSR count). The van der Waals surface area contributed by atoms with Gasteiger partial charge in [-0.2, -0.15) is 0 Å². The molecular formula is C17H19Cl2NO3. The van der Waals surface area contributed by atoms with Crippen LogP contribution in [-0.2, 0) is 16.1 Å². The highest BCUT2D eigenvalue weighted by molar-refractivity contribution is 6.42. The summed E-state index contributed by atoms with van der Waals surface area (Å²) in [4.78, 5) is 23.9. The maximum Gasteiger partial charge on any atom is 0.307 e. The molecule has 2 atom stereocenters. The van der Waals surface area contributed by atoms with Crippen LogP contribution in [0.25, 0.3) is 0 Å². The average Bonchev–Trinajstić information content (AvgIpc) is 2.50. The zero-order valence-corrected chi connectivity index (χ0v) is 14.5. The lowest BCUT2D eigenvalue weighted by molar-refractivity contribution is -0.147. The quantitative estimate of drug-likeness (QED) is 0.800. The first-order valence-corrected chi connectivity index (χ1v) is 8.15. The van der Waals surface area contributed by atoms with E-state index in [-0.39, 0.29) is 5.91 Å². The van der Waals surface area contributed by atoms with Gasteiger partial charge in [0.25, 0.3) is 0 Å². The molecule has 0 saturated heterocycles. The molecule has 0 heterocycles. The van der Waals surface area contributed by atoms with E-state index in [0.29, 0.717) is 29.4 Å². The molecule has 1 aliphatic carbocycles. The number of aliphatic carboxylic acids is 1. The lowest BCUT2D eigenvalue weighted by Gasteiger charge is -2.29. The van der Waals surface area contributed by atoms with Gasteiger partial charge in [-0.15, -0.1) is 0 Å². The van der Waals surface area contributed by atoms with Crippen LogP contribution < -0.4 is 5.32 Å². The minimum absolute atomic E-state index is 0.240. The van der Waals surface area contributed by atoms with Crippen molar-refractivity contribution < 1.29 is 14.7 Å². The molecule has 6 heteroatoms. The van der Waals surface area contributed by atoms with Crippen molar-refractivity contribution in [1.82, 2.24) is 5.32 Å².